The third-order valence-electron chi connectivity index (χ3n) is 3.76. The molecular formula is C13H18ClN5O. The molecule has 1 amide bonds. The van der Waals surface area contributed by atoms with Gasteiger partial charge in [-0.1, -0.05) is 11.6 Å². The lowest BCUT2D eigenvalue weighted by Gasteiger charge is -2.23. The molecule has 1 saturated heterocycles. The first-order valence-corrected chi connectivity index (χ1v) is 7.35. The molecule has 20 heavy (non-hydrogen) atoms. The van der Waals surface area contributed by atoms with Crippen LogP contribution in [0.15, 0.2) is 6.07 Å². The minimum absolute atomic E-state index is 0.183. The average Bonchev–Trinajstić information content (AvgIpc) is 3.23. The molecular weight excluding hydrogens is 278 g/mol. The van der Waals surface area contributed by atoms with Crippen LogP contribution in [0.5, 0.6) is 0 Å². The number of halogens is 1. The molecule has 1 aliphatic heterocycles. The minimum atomic E-state index is 0.183. The molecule has 0 aromatic carbocycles. The van der Waals surface area contributed by atoms with Gasteiger partial charge in [0, 0.05) is 38.2 Å². The van der Waals surface area contributed by atoms with E-state index in [-0.39, 0.29) is 11.9 Å². The molecule has 7 heteroatoms. The van der Waals surface area contributed by atoms with Crippen molar-refractivity contribution >= 4 is 29.3 Å². The van der Waals surface area contributed by atoms with E-state index in [9.17, 15) is 4.79 Å². The number of amides is 1. The third-order valence-corrected chi connectivity index (χ3v) is 3.95. The Morgan fingerprint density at radius 2 is 2.05 bits per heavy atom. The van der Waals surface area contributed by atoms with Gasteiger partial charge in [0.1, 0.15) is 11.0 Å². The van der Waals surface area contributed by atoms with E-state index in [1.807, 2.05) is 4.90 Å². The second kappa shape index (κ2) is 5.44. The number of hydrogen-bond acceptors (Lipinski definition) is 5. The zero-order valence-electron chi connectivity index (χ0n) is 11.3. The van der Waals surface area contributed by atoms with Crippen molar-refractivity contribution in [2.75, 3.05) is 36.8 Å². The number of nitrogen functional groups attached to an aromatic ring is 1. The Morgan fingerprint density at radius 1 is 1.25 bits per heavy atom. The van der Waals surface area contributed by atoms with E-state index in [4.69, 9.17) is 17.3 Å². The van der Waals surface area contributed by atoms with Crippen LogP contribution in [0.3, 0.4) is 0 Å². The summed E-state index contributed by atoms with van der Waals surface area (Å²) in [6, 6.07) is 1.72. The number of carbonyl (C=O) groups excluding carboxylic acids is 1. The molecule has 1 aromatic rings. The van der Waals surface area contributed by atoms with Crippen LogP contribution >= 0.6 is 11.6 Å². The Hall–Kier alpha value is -1.56. The maximum atomic E-state index is 12.1. The number of aromatic nitrogens is 2. The highest BCUT2D eigenvalue weighted by Gasteiger charge is 2.34. The lowest BCUT2D eigenvalue weighted by Crippen LogP contribution is -2.36. The summed E-state index contributed by atoms with van der Waals surface area (Å²) in [5, 5.41) is 0.350. The Kier molecular flexibility index (Phi) is 3.65. The summed E-state index contributed by atoms with van der Waals surface area (Å²) in [4.78, 5) is 24.3. The smallest absolute Gasteiger partial charge is 0.225 e. The second-order valence-electron chi connectivity index (χ2n) is 5.35. The lowest BCUT2D eigenvalue weighted by molar-refractivity contribution is -0.132. The molecule has 6 nitrogen and oxygen atoms in total. The van der Waals surface area contributed by atoms with E-state index >= 15 is 0 Å². The number of nitrogens with zero attached hydrogens (tertiary/aromatic N) is 4. The quantitative estimate of drug-likeness (QED) is 0.829. The van der Waals surface area contributed by atoms with Gasteiger partial charge in [0.05, 0.1) is 0 Å². The molecule has 0 radical (unpaired) electrons. The highest BCUT2D eigenvalue weighted by molar-refractivity contribution is 6.29. The monoisotopic (exact) mass is 295 g/mol. The van der Waals surface area contributed by atoms with Gasteiger partial charge in [0.25, 0.3) is 0 Å². The zero-order valence-corrected chi connectivity index (χ0v) is 12.0. The maximum absolute atomic E-state index is 12.1. The predicted molar refractivity (Wildman–Crippen MR) is 77.6 cm³/mol. The Balaban J connectivity index is 1.68. The predicted octanol–water partition coefficient (Wildman–Crippen LogP) is 1.16. The first-order valence-electron chi connectivity index (χ1n) is 6.97. The number of rotatable bonds is 2. The van der Waals surface area contributed by atoms with E-state index in [2.05, 4.69) is 14.9 Å². The van der Waals surface area contributed by atoms with E-state index < -0.39 is 0 Å². The van der Waals surface area contributed by atoms with Crippen LogP contribution in [0, 0.1) is 5.92 Å². The van der Waals surface area contributed by atoms with Crippen molar-refractivity contribution in [1.82, 2.24) is 14.9 Å². The fourth-order valence-electron chi connectivity index (χ4n) is 2.54. The highest BCUT2D eigenvalue weighted by Crippen LogP contribution is 2.31. The van der Waals surface area contributed by atoms with E-state index in [0.29, 0.717) is 11.1 Å². The summed E-state index contributed by atoms with van der Waals surface area (Å²) in [5.41, 5.74) is 5.63. The molecule has 2 aliphatic rings. The summed E-state index contributed by atoms with van der Waals surface area (Å²) in [7, 11) is 0. The van der Waals surface area contributed by atoms with Crippen LogP contribution in [0.25, 0.3) is 0 Å². The number of nitrogens with two attached hydrogens (primary N) is 1. The molecule has 108 valence electrons. The van der Waals surface area contributed by atoms with Crippen LogP contribution in [-0.2, 0) is 4.79 Å². The lowest BCUT2D eigenvalue weighted by atomic mass is 10.3. The second-order valence-corrected chi connectivity index (χ2v) is 5.73. The van der Waals surface area contributed by atoms with Crippen LogP contribution in [-0.4, -0.2) is 47.0 Å². The molecule has 0 spiro atoms. The van der Waals surface area contributed by atoms with Crippen LogP contribution < -0.4 is 10.6 Å². The van der Waals surface area contributed by atoms with Crippen molar-refractivity contribution < 1.29 is 4.79 Å². The minimum Gasteiger partial charge on any atom is -0.368 e. The summed E-state index contributed by atoms with van der Waals surface area (Å²) in [5.74, 6) is 1.52. The molecule has 2 heterocycles. The molecule has 2 N–H and O–H groups in total. The fourth-order valence-corrected chi connectivity index (χ4v) is 2.72. The topological polar surface area (TPSA) is 75.3 Å². The summed E-state index contributed by atoms with van der Waals surface area (Å²) < 4.78 is 0. The molecule has 2 fully saturated rings. The van der Waals surface area contributed by atoms with E-state index in [0.717, 1.165) is 51.3 Å². The van der Waals surface area contributed by atoms with Gasteiger partial charge in [-0.15, -0.1) is 0 Å². The SMILES string of the molecule is Nc1nc(Cl)cc(N2CCCN(C(=O)C3CC3)CC2)n1. The van der Waals surface area contributed by atoms with Crippen LogP contribution in [0.1, 0.15) is 19.3 Å². The van der Waals surface area contributed by atoms with Gasteiger partial charge in [-0.25, -0.2) is 4.98 Å². The van der Waals surface area contributed by atoms with Crippen LogP contribution in [0.4, 0.5) is 11.8 Å². The Labute approximate surface area is 122 Å². The van der Waals surface area contributed by atoms with Gasteiger partial charge < -0.3 is 15.5 Å². The highest BCUT2D eigenvalue weighted by atomic mass is 35.5. The van der Waals surface area contributed by atoms with Gasteiger partial charge in [-0.05, 0) is 19.3 Å². The van der Waals surface area contributed by atoms with Gasteiger partial charge in [-0.2, -0.15) is 4.98 Å². The standard InChI is InChI=1S/C13H18ClN5O/c14-10-8-11(17-13(15)16-10)18-4-1-5-19(7-6-18)12(20)9-2-3-9/h8-9H,1-7H2,(H2,15,16,17). The van der Waals surface area contributed by atoms with E-state index in [1.165, 1.54) is 0 Å². The van der Waals surface area contributed by atoms with Crippen molar-refractivity contribution in [3.63, 3.8) is 0 Å². The van der Waals surface area contributed by atoms with Gasteiger partial charge >= 0.3 is 0 Å². The van der Waals surface area contributed by atoms with Crippen molar-refractivity contribution in [2.45, 2.75) is 19.3 Å². The average molecular weight is 296 g/mol. The van der Waals surface area contributed by atoms with Gasteiger partial charge in [0.2, 0.25) is 11.9 Å². The summed E-state index contributed by atoms with van der Waals surface area (Å²) in [6.45, 7) is 3.16. The normalized spacial score (nSPS) is 19.9. The maximum Gasteiger partial charge on any atom is 0.225 e. The Morgan fingerprint density at radius 3 is 2.75 bits per heavy atom. The molecule has 0 unspecified atom stereocenters. The van der Waals surface area contributed by atoms with E-state index in [1.54, 1.807) is 6.07 Å². The van der Waals surface area contributed by atoms with Crippen molar-refractivity contribution in [3.05, 3.63) is 11.2 Å². The molecule has 0 atom stereocenters. The number of hydrogen-bond donors (Lipinski definition) is 1. The van der Waals surface area contributed by atoms with Gasteiger partial charge in [-0.3, -0.25) is 4.79 Å². The van der Waals surface area contributed by atoms with Crippen LogP contribution in [0.2, 0.25) is 5.15 Å². The molecule has 0 bridgehead atoms. The number of anilines is 2. The summed E-state index contributed by atoms with van der Waals surface area (Å²) >= 11 is 5.92. The van der Waals surface area contributed by atoms with Crippen molar-refractivity contribution in [2.24, 2.45) is 5.92 Å². The van der Waals surface area contributed by atoms with Gasteiger partial charge in [0.15, 0.2) is 0 Å². The molecule has 1 aromatic heterocycles. The van der Waals surface area contributed by atoms with Crippen molar-refractivity contribution in [3.8, 4) is 0 Å². The Bertz CT molecular complexity index is 499. The number of carbonyl (C=O) groups is 1. The first-order chi connectivity index (χ1) is 9.63. The molecule has 1 aliphatic carbocycles. The fraction of sp³-hybridized carbons (Fsp3) is 0.615. The van der Waals surface area contributed by atoms with Crippen molar-refractivity contribution in [1.29, 1.82) is 0 Å². The zero-order chi connectivity index (χ0) is 14.1. The largest absolute Gasteiger partial charge is 0.368 e. The first kappa shape index (κ1) is 13.4. The summed E-state index contributed by atoms with van der Waals surface area (Å²) in [6.07, 6.45) is 3.04. The third kappa shape index (κ3) is 2.95. The molecule has 3 rings (SSSR count). The molecule has 1 saturated carbocycles.